The van der Waals surface area contributed by atoms with Crippen molar-refractivity contribution in [1.82, 2.24) is 9.88 Å². The maximum absolute atomic E-state index is 12.9. The van der Waals surface area contributed by atoms with E-state index in [9.17, 15) is 4.79 Å². The molecule has 2 aromatic heterocycles. The predicted molar refractivity (Wildman–Crippen MR) is 112 cm³/mol. The van der Waals surface area contributed by atoms with E-state index in [1.165, 1.54) is 16.9 Å². The first-order valence-electron chi connectivity index (χ1n) is 8.95. The number of nitrogens with zero attached hydrogens (tertiary/aromatic N) is 1. The third-order valence-electron chi connectivity index (χ3n) is 4.46. The monoisotopic (exact) mass is 372 g/mol. The van der Waals surface area contributed by atoms with Crippen molar-refractivity contribution in [2.24, 2.45) is 0 Å². The second-order valence-corrected chi connectivity index (χ2v) is 7.15. The van der Waals surface area contributed by atoms with E-state index in [2.05, 4.69) is 35.0 Å². The molecule has 4 heteroatoms. The number of hydrogen-bond donors (Lipinski definition) is 1. The number of hydrogen-bond acceptors (Lipinski definition) is 2. The van der Waals surface area contributed by atoms with Crippen LogP contribution in [0.1, 0.15) is 15.2 Å². The fourth-order valence-corrected chi connectivity index (χ4v) is 4.11. The fourth-order valence-electron chi connectivity index (χ4n) is 3.12. The van der Waals surface area contributed by atoms with Crippen LogP contribution in [0.25, 0.3) is 16.8 Å². The van der Waals surface area contributed by atoms with Gasteiger partial charge in [-0.25, -0.2) is 0 Å². The fraction of sp³-hybridized carbons (Fsp3) is 0.0870. The number of amides is 1. The van der Waals surface area contributed by atoms with Gasteiger partial charge >= 0.3 is 0 Å². The molecule has 134 valence electrons. The molecule has 0 saturated heterocycles. The number of carbonyl (C=O) groups excluding carboxylic acids is 1. The smallest absolute Gasteiger partial charge is 0.263 e. The molecule has 0 saturated carbocycles. The Morgan fingerprint density at radius 3 is 2.26 bits per heavy atom. The largest absolute Gasteiger partial charge is 0.351 e. The first kappa shape index (κ1) is 17.3. The molecule has 4 rings (SSSR count). The van der Waals surface area contributed by atoms with Crippen molar-refractivity contribution >= 4 is 17.2 Å². The van der Waals surface area contributed by atoms with Crippen molar-refractivity contribution in [3.8, 4) is 16.8 Å². The third-order valence-corrected chi connectivity index (χ3v) is 5.43. The van der Waals surface area contributed by atoms with Gasteiger partial charge in [0.05, 0.1) is 5.69 Å². The van der Waals surface area contributed by atoms with Crippen LogP contribution in [-0.4, -0.2) is 17.0 Å². The quantitative estimate of drug-likeness (QED) is 0.497. The van der Waals surface area contributed by atoms with Crippen LogP contribution < -0.4 is 5.32 Å². The molecular formula is C23H20N2OS. The lowest BCUT2D eigenvalue weighted by atomic mass is 10.1. The molecule has 2 aromatic carbocycles. The molecule has 0 aliphatic rings. The second kappa shape index (κ2) is 8.06. The van der Waals surface area contributed by atoms with E-state index in [-0.39, 0.29) is 5.91 Å². The maximum Gasteiger partial charge on any atom is 0.263 e. The maximum atomic E-state index is 12.9. The molecule has 0 aliphatic heterocycles. The summed E-state index contributed by atoms with van der Waals surface area (Å²) >= 11 is 1.49. The second-order valence-electron chi connectivity index (χ2n) is 6.27. The molecule has 3 nitrogen and oxygen atoms in total. The van der Waals surface area contributed by atoms with Gasteiger partial charge in [-0.05, 0) is 29.7 Å². The Labute approximate surface area is 162 Å². The summed E-state index contributed by atoms with van der Waals surface area (Å²) in [6.07, 6.45) is 4.78. The molecule has 4 aromatic rings. The molecule has 0 fully saturated rings. The summed E-state index contributed by atoms with van der Waals surface area (Å²) < 4.78 is 2.02. The number of rotatable bonds is 6. The number of thiophene rings is 1. The Morgan fingerprint density at radius 1 is 0.889 bits per heavy atom. The van der Waals surface area contributed by atoms with Gasteiger partial charge in [-0.15, -0.1) is 11.3 Å². The average Bonchev–Trinajstić information content (AvgIpc) is 3.39. The zero-order valence-corrected chi connectivity index (χ0v) is 15.7. The topological polar surface area (TPSA) is 34.0 Å². The van der Waals surface area contributed by atoms with Crippen LogP contribution in [0.2, 0.25) is 0 Å². The third kappa shape index (κ3) is 3.86. The SMILES string of the molecule is O=C(NCCc1ccccc1)c1scc(-c2ccccc2)c1-n1cccc1. The summed E-state index contributed by atoms with van der Waals surface area (Å²) in [6, 6.07) is 24.3. The van der Waals surface area contributed by atoms with Gasteiger partial charge in [-0.1, -0.05) is 60.7 Å². The van der Waals surface area contributed by atoms with E-state index >= 15 is 0 Å². The molecule has 0 bridgehead atoms. The van der Waals surface area contributed by atoms with Gasteiger partial charge in [0, 0.05) is 29.9 Å². The minimum Gasteiger partial charge on any atom is -0.351 e. The highest BCUT2D eigenvalue weighted by Gasteiger charge is 2.20. The van der Waals surface area contributed by atoms with Crippen LogP contribution in [0.3, 0.4) is 0 Å². The van der Waals surface area contributed by atoms with Crippen LogP contribution >= 0.6 is 11.3 Å². The van der Waals surface area contributed by atoms with Gasteiger partial charge in [-0.3, -0.25) is 4.79 Å². The van der Waals surface area contributed by atoms with E-state index < -0.39 is 0 Å². The van der Waals surface area contributed by atoms with Gasteiger partial charge in [0.1, 0.15) is 4.88 Å². The van der Waals surface area contributed by atoms with Crippen molar-refractivity contribution in [3.05, 3.63) is 101 Å². The Kier molecular flexibility index (Phi) is 5.17. The zero-order chi connectivity index (χ0) is 18.5. The molecule has 0 radical (unpaired) electrons. The Morgan fingerprint density at radius 2 is 1.56 bits per heavy atom. The summed E-state index contributed by atoms with van der Waals surface area (Å²) in [7, 11) is 0. The summed E-state index contributed by atoms with van der Waals surface area (Å²) in [6.45, 7) is 0.618. The summed E-state index contributed by atoms with van der Waals surface area (Å²) in [5.74, 6) is -0.0261. The number of aromatic nitrogens is 1. The minimum absolute atomic E-state index is 0.0261. The molecular weight excluding hydrogens is 352 g/mol. The summed E-state index contributed by atoms with van der Waals surface area (Å²) in [5.41, 5.74) is 4.35. The average molecular weight is 372 g/mol. The van der Waals surface area contributed by atoms with Crippen molar-refractivity contribution in [3.63, 3.8) is 0 Å². The standard InChI is InChI=1S/C23H20N2OS/c26-23(24-14-13-18-9-3-1-4-10-18)22-21(25-15-7-8-16-25)20(17-27-22)19-11-5-2-6-12-19/h1-12,15-17H,13-14H2,(H,24,26). The van der Waals surface area contributed by atoms with Gasteiger partial charge in [-0.2, -0.15) is 0 Å². The highest BCUT2D eigenvalue weighted by molar-refractivity contribution is 7.13. The molecule has 27 heavy (non-hydrogen) atoms. The molecule has 0 aliphatic carbocycles. The lowest BCUT2D eigenvalue weighted by Gasteiger charge is -2.10. The molecule has 0 atom stereocenters. The van der Waals surface area contributed by atoms with Crippen LogP contribution in [0.5, 0.6) is 0 Å². The molecule has 1 N–H and O–H groups in total. The van der Waals surface area contributed by atoms with Crippen molar-refractivity contribution < 1.29 is 4.79 Å². The van der Waals surface area contributed by atoms with Crippen molar-refractivity contribution in [1.29, 1.82) is 0 Å². The highest BCUT2D eigenvalue weighted by atomic mass is 32.1. The number of nitrogens with one attached hydrogen (secondary N) is 1. The number of carbonyl (C=O) groups is 1. The van der Waals surface area contributed by atoms with Gasteiger partial charge in [0.15, 0.2) is 0 Å². The van der Waals surface area contributed by atoms with E-state index in [0.717, 1.165) is 28.1 Å². The van der Waals surface area contributed by atoms with Crippen LogP contribution in [0, 0.1) is 0 Å². The van der Waals surface area contributed by atoms with Crippen molar-refractivity contribution in [2.45, 2.75) is 6.42 Å². The Balaban J connectivity index is 1.59. The van der Waals surface area contributed by atoms with Gasteiger partial charge in [0.2, 0.25) is 0 Å². The summed E-state index contributed by atoms with van der Waals surface area (Å²) in [5, 5.41) is 5.14. The Hall–Kier alpha value is -3.11. The normalized spacial score (nSPS) is 10.7. The predicted octanol–water partition coefficient (Wildman–Crippen LogP) is 5.18. The van der Waals surface area contributed by atoms with E-state index in [4.69, 9.17) is 0 Å². The van der Waals surface area contributed by atoms with Crippen LogP contribution in [-0.2, 0) is 6.42 Å². The van der Waals surface area contributed by atoms with Crippen LogP contribution in [0.15, 0.2) is 90.6 Å². The minimum atomic E-state index is -0.0261. The van der Waals surface area contributed by atoms with Gasteiger partial charge < -0.3 is 9.88 Å². The lowest BCUT2D eigenvalue weighted by Crippen LogP contribution is -2.25. The summed E-state index contributed by atoms with van der Waals surface area (Å²) in [4.78, 5) is 13.6. The van der Waals surface area contributed by atoms with E-state index in [1.807, 2.05) is 65.5 Å². The lowest BCUT2D eigenvalue weighted by molar-refractivity contribution is 0.0958. The molecule has 0 spiro atoms. The molecule has 2 heterocycles. The van der Waals surface area contributed by atoms with Crippen LogP contribution in [0.4, 0.5) is 0 Å². The first-order valence-corrected chi connectivity index (χ1v) is 9.83. The zero-order valence-electron chi connectivity index (χ0n) is 14.8. The first-order chi connectivity index (χ1) is 13.3. The van der Waals surface area contributed by atoms with Crippen molar-refractivity contribution in [2.75, 3.05) is 6.54 Å². The van der Waals surface area contributed by atoms with E-state index in [1.54, 1.807) is 0 Å². The molecule has 0 unspecified atom stereocenters. The van der Waals surface area contributed by atoms with E-state index in [0.29, 0.717) is 6.54 Å². The molecule has 1 amide bonds. The van der Waals surface area contributed by atoms with Gasteiger partial charge in [0.25, 0.3) is 5.91 Å². The Bertz CT molecular complexity index is 1010. The highest BCUT2D eigenvalue weighted by Crippen LogP contribution is 2.34. The number of benzene rings is 2.